The number of nitrogens with one attached hydrogen (secondary N) is 1. The molecule has 11 nitrogen and oxygen atoms in total. The molecule has 0 aliphatic carbocycles. The van der Waals surface area contributed by atoms with Crippen molar-refractivity contribution in [3.63, 3.8) is 0 Å². The molecule has 1 aliphatic rings. The lowest BCUT2D eigenvalue weighted by Crippen LogP contribution is -2.27. The molecule has 0 spiro atoms. The molecule has 0 saturated carbocycles. The Hall–Kier alpha value is -3.07. The Labute approximate surface area is 234 Å². The highest BCUT2D eigenvalue weighted by molar-refractivity contribution is 8.00. The lowest BCUT2D eigenvalue weighted by molar-refractivity contribution is -0.120. The monoisotopic (exact) mass is 592 g/mol. The van der Waals surface area contributed by atoms with Gasteiger partial charge < -0.3 is 14.5 Å². The van der Waals surface area contributed by atoms with Crippen LogP contribution in [-0.4, -0.2) is 47.9 Å². The van der Waals surface area contributed by atoms with E-state index in [2.05, 4.69) is 15.5 Å². The number of sulfonamides is 1. The van der Waals surface area contributed by atoms with E-state index in [1.165, 1.54) is 57.7 Å². The van der Waals surface area contributed by atoms with Gasteiger partial charge in [0.2, 0.25) is 32.2 Å². The summed E-state index contributed by atoms with van der Waals surface area (Å²) >= 11 is 2.50. The second-order valence-corrected chi connectivity index (χ2v) is 12.9. The zero-order chi connectivity index (χ0) is 28.0. The fourth-order valence-corrected chi connectivity index (χ4v) is 7.07. The molecule has 0 unspecified atom stereocenters. The summed E-state index contributed by atoms with van der Waals surface area (Å²) in [6, 6.07) is 6.62. The van der Waals surface area contributed by atoms with Crippen LogP contribution in [0.25, 0.3) is 0 Å². The summed E-state index contributed by atoms with van der Waals surface area (Å²) in [7, 11) is -3.60. The summed E-state index contributed by atoms with van der Waals surface area (Å²) in [4.78, 5) is 37.3. The smallest absolute Gasteiger partial charge is 0.343 e. The number of rotatable bonds is 11. The lowest BCUT2D eigenvalue weighted by atomic mass is 10.0. The van der Waals surface area contributed by atoms with Crippen LogP contribution in [0.1, 0.15) is 55.6 Å². The second kappa shape index (κ2) is 12.9. The Balaban J connectivity index is 1.33. The third kappa shape index (κ3) is 7.12. The standard InChI is InChI=1S/C25H28N4O7S3/c1-3-16(4-2)22(31)26-24-27-28-25(38-24)37-15-18-13-20(30)21(14-35-18)36-23(32)17-7-9-19(10-8-17)39(33,34)29-11-5-6-12-29/h7-10,13-14,16H,3-6,11-12,15H2,1-2H3,(H,26,27,31). The first-order valence-corrected chi connectivity index (χ1v) is 15.7. The van der Waals surface area contributed by atoms with Gasteiger partial charge in [-0.05, 0) is 49.9 Å². The van der Waals surface area contributed by atoms with E-state index in [9.17, 15) is 22.8 Å². The van der Waals surface area contributed by atoms with Crippen LogP contribution >= 0.6 is 23.1 Å². The minimum absolute atomic E-state index is 0.0813. The Morgan fingerprint density at radius 3 is 2.49 bits per heavy atom. The molecule has 208 valence electrons. The fraction of sp³-hybridized carbons (Fsp3) is 0.400. The summed E-state index contributed by atoms with van der Waals surface area (Å²) in [5.41, 5.74) is -0.452. The number of amides is 1. The van der Waals surface area contributed by atoms with Gasteiger partial charge in [-0.1, -0.05) is 36.9 Å². The van der Waals surface area contributed by atoms with Gasteiger partial charge >= 0.3 is 5.97 Å². The van der Waals surface area contributed by atoms with Gasteiger partial charge in [-0.2, -0.15) is 4.31 Å². The molecular formula is C25H28N4O7S3. The van der Waals surface area contributed by atoms with Crippen molar-refractivity contribution < 1.29 is 27.2 Å². The summed E-state index contributed by atoms with van der Waals surface area (Å²) in [6.45, 7) is 4.87. The third-order valence-electron chi connectivity index (χ3n) is 6.18. The molecule has 0 bridgehead atoms. The average molecular weight is 593 g/mol. The first-order chi connectivity index (χ1) is 18.7. The van der Waals surface area contributed by atoms with Crippen LogP contribution in [0.15, 0.2) is 55.0 Å². The number of hydrogen-bond donors (Lipinski definition) is 1. The van der Waals surface area contributed by atoms with E-state index in [0.29, 0.717) is 28.3 Å². The number of thioether (sulfide) groups is 1. The van der Waals surface area contributed by atoms with E-state index in [-0.39, 0.29) is 33.8 Å². The van der Waals surface area contributed by atoms with Crippen LogP contribution in [0, 0.1) is 5.92 Å². The molecular weight excluding hydrogens is 564 g/mol. The zero-order valence-electron chi connectivity index (χ0n) is 21.4. The van der Waals surface area contributed by atoms with E-state index in [1.807, 2.05) is 13.8 Å². The van der Waals surface area contributed by atoms with Crippen LogP contribution in [0.4, 0.5) is 5.13 Å². The summed E-state index contributed by atoms with van der Waals surface area (Å²) in [6.07, 6.45) is 4.19. The van der Waals surface area contributed by atoms with Crippen molar-refractivity contribution in [3.05, 3.63) is 58.1 Å². The van der Waals surface area contributed by atoms with Gasteiger partial charge in [0.15, 0.2) is 4.34 Å². The Kier molecular flexibility index (Phi) is 9.53. The van der Waals surface area contributed by atoms with Crippen molar-refractivity contribution in [3.8, 4) is 5.75 Å². The normalized spacial score (nSPS) is 14.0. The first kappa shape index (κ1) is 28.9. The van der Waals surface area contributed by atoms with E-state index in [1.54, 1.807) is 0 Å². The van der Waals surface area contributed by atoms with Crippen molar-refractivity contribution >= 4 is 50.1 Å². The van der Waals surface area contributed by atoms with E-state index < -0.39 is 21.4 Å². The van der Waals surface area contributed by atoms with Crippen molar-refractivity contribution in [2.24, 2.45) is 5.92 Å². The van der Waals surface area contributed by atoms with E-state index in [4.69, 9.17) is 9.15 Å². The largest absolute Gasteiger partial charge is 0.464 e. The maximum atomic E-state index is 12.6. The Morgan fingerprint density at radius 1 is 1.15 bits per heavy atom. The molecule has 3 aromatic rings. The van der Waals surface area contributed by atoms with Crippen molar-refractivity contribution in [1.82, 2.24) is 14.5 Å². The highest BCUT2D eigenvalue weighted by Crippen LogP contribution is 2.29. The Morgan fingerprint density at radius 2 is 1.85 bits per heavy atom. The highest BCUT2D eigenvalue weighted by atomic mass is 32.2. The van der Waals surface area contributed by atoms with Crippen molar-refractivity contribution in [2.45, 2.75) is 54.5 Å². The van der Waals surface area contributed by atoms with Crippen LogP contribution in [0.5, 0.6) is 5.75 Å². The number of ether oxygens (including phenoxy) is 1. The summed E-state index contributed by atoms with van der Waals surface area (Å²) in [5.74, 6) is -0.671. The van der Waals surface area contributed by atoms with Gasteiger partial charge in [0.05, 0.1) is 16.2 Å². The molecule has 1 amide bonds. The van der Waals surface area contributed by atoms with Crippen LogP contribution in [0.2, 0.25) is 0 Å². The topological polar surface area (TPSA) is 149 Å². The van der Waals surface area contributed by atoms with Crippen molar-refractivity contribution in [1.29, 1.82) is 0 Å². The van der Waals surface area contributed by atoms with Gasteiger partial charge in [0.1, 0.15) is 12.0 Å². The summed E-state index contributed by atoms with van der Waals surface area (Å²) < 4.78 is 37.9. The van der Waals surface area contributed by atoms with Gasteiger partial charge in [0.25, 0.3) is 0 Å². The van der Waals surface area contributed by atoms with Crippen LogP contribution in [-0.2, 0) is 20.6 Å². The fourth-order valence-electron chi connectivity index (χ4n) is 3.91. The number of esters is 1. The summed E-state index contributed by atoms with van der Waals surface area (Å²) in [5, 5.41) is 11.2. The molecule has 14 heteroatoms. The SMILES string of the molecule is CCC(CC)C(=O)Nc1nnc(SCc2cc(=O)c(OC(=O)c3ccc(S(=O)(=O)N4CCCC4)cc3)co2)s1. The molecule has 1 aliphatic heterocycles. The predicted molar refractivity (Wildman–Crippen MR) is 147 cm³/mol. The number of carbonyl (C=O) groups is 2. The van der Waals surface area contributed by atoms with Crippen LogP contribution < -0.4 is 15.5 Å². The average Bonchev–Trinajstić information content (AvgIpc) is 3.63. The second-order valence-electron chi connectivity index (χ2n) is 8.76. The van der Waals surface area contributed by atoms with Gasteiger partial charge in [0, 0.05) is 25.1 Å². The van der Waals surface area contributed by atoms with E-state index in [0.717, 1.165) is 31.9 Å². The van der Waals surface area contributed by atoms with Gasteiger partial charge in [-0.3, -0.25) is 9.59 Å². The number of aromatic nitrogens is 2. The Bertz CT molecular complexity index is 1480. The number of benzene rings is 1. The molecule has 1 saturated heterocycles. The van der Waals surface area contributed by atoms with Crippen LogP contribution in [0.3, 0.4) is 0 Å². The predicted octanol–water partition coefficient (Wildman–Crippen LogP) is 4.16. The van der Waals surface area contributed by atoms with E-state index >= 15 is 0 Å². The molecule has 3 heterocycles. The number of carbonyl (C=O) groups excluding carboxylic acids is 2. The molecule has 0 radical (unpaired) electrons. The maximum Gasteiger partial charge on any atom is 0.343 e. The number of anilines is 1. The first-order valence-electron chi connectivity index (χ1n) is 12.4. The third-order valence-corrected chi connectivity index (χ3v) is 10.1. The molecule has 4 rings (SSSR count). The minimum atomic E-state index is -3.60. The molecule has 1 fully saturated rings. The number of hydrogen-bond acceptors (Lipinski definition) is 11. The molecule has 0 atom stereocenters. The molecule has 1 N–H and O–H groups in total. The van der Waals surface area contributed by atoms with Crippen molar-refractivity contribution in [2.75, 3.05) is 18.4 Å². The molecule has 1 aromatic carbocycles. The molecule has 2 aromatic heterocycles. The number of nitrogens with zero attached hydrogens (tertiary/aromatic N) is 3. The van der Waals surface area contributed by atoms with Gasteiger partial charge in [-0.25, -0.2) is 13.2 Å². The maximum absolute atomic E-state index is 12.6. The lowest BCUT2D eigenvalue weighted by Gasteiger charge is -2.15. The molecule has 39 heavy (non-hydrogen) atoms. The van der Waals surface area contributed by atoms with Gasteiger partial charge in [-0.15, -0.1) is 10.2 Å². The quantitative estimate of drug-likeness (QED) is 0.195. The zero-order valence-corrected chi connectivity index (χ0v) is 23.9. The highest BCUT2D eigenvalue weighted by Gasteiger charge is 2.27. The minimum Gasteiger partial charge on any atom is -0.464 e.